The Morgan fingerprint density at radius 2 is 2.09 bits per heavy atom. The summed E-state index contributed by atoms with van der Waals surface area (Å²) in [5, 5.41) is 8.03. The van der Waals surface area contributed by atoms with Crippen LogP contribution in [0.2, 0.25) is 0 Å². The summed E-state index contributed by atoms with van der Waals surface area (Å²) < 4.78 is 7.04. The maximum absolute atomic E-state index is 11.9. The van der Waals surface area contributed by atoms with Crippen LogP contribution >= 0.6 is 0 Å². The molecular weight excluding hydrogens is 290 g/mol. The number of nitrogens with zero attached hydrogens (tertiary/aromatic N) is 2. The predicted octanol–water partition coefficient (Wildman–Crippen LogP) is 3.97. The first-order valence-corrected chi connectivity index (χ1v) is 7.30. The molecule has 0 aliphatic heterocycles. The Morgan fingerprint density at radius 1 is 1.26 bits per heavy atom. The van der Waals surface area contributed by atoms with Crippen LogP contribution in [-0.4, -0.2) is 15.9 Å². The van der Waals surface area contributed by atoms with Crippen molar-refractivity contribution in [3.8, 4) is 0 Å². The molecule has 0 aliphatic rings. The van der Waals surface area contributed by atoms with Crippen molar-refractivity contribution in [3.63, 3.8) is 0 Å². The SMILES string of the molecule is C=CCn1ncc2ccc(NC(=O)OCc3ccccc3)cc21. The van der Waals surface area contributed by atoms with Crippen LogP contribution in [0.3, 0.4) is 0 Å². The van der Waals surface area contributed by atoms with Crippen LogP contribution in [-0.2, 0) is 17.9 Å². The number of hydrogen-bond donors (Lipinski definition) is 1. The number of fused-ring (bicyclic) bond motifs is 1. The lowest BCUT2D eigenvalue weighted by Crippen LogP contribution is -2.13. The molecule has 0 saturated heterocycles. The molecule has 0 unspecified atom stereocenters. The molecule has 1 N–H and O–H groups in total. The van der Waals surface area contributed by atoms with Crippen molar-refractivity contribution in [1.29, 1.82) is 0 Å². The van der Waals surface area contributed by atoms with Gasteiger partial charge in [0.1, 0.15) is 6.61 Å². The van der Waals surface area contributed by atoms with Crippen molar-refractivity contribution in [3.05, 3.63) is 72.9 Å². The first-order chi connectivity index (χ1) is 11.3. The van der Waals surface area contributed by atoms with E-state index >= 15 is 0 Å². The molecule has 1 heterocycles. The number of carbonyl (C=O) groups excluding carboxylic acids is 1. The molecule has 0 saturated carbocycles. The van der Waals surface area contributed by atoms with E-state index in [0.29, 0.717) is 12.2 Å². The third-order valence-electron chi connectivity index (χ3n) is 3.41. The van der Waals surface area contributed by atoms with E-state index in [1.807, 2.05) is 53.2 Å². The van der Waals surface area contributed by atoms with E-state index in [1.165, 1.54) is 0 Å². The molecule has 5 heteroatoms. The Balaban J connectivity index is 1.67. The quantitative estimate of drug-likeness (QED) is 0.726. The summed E-state index contributed by atoms with van der Waals surface area (Å²) in [5.41, 5.74) is 2.55. The average Bonchev–Trinajstić information content (AvgIpc) is 2.97. The molecule has 0 radical (unpaired) electrons. The topological polar surface area (TPSA) is 56.2 Å². The number of nitrogens with one attached hydrogen (secondary N) is 1. The minimum Gasteiger partial charge on any atom is -0.444 e. The van der Waals surface area contributed by atoms with E-state index in [2.05, 4.69) is 17.0 Å². The van der Waals surface area contributed by atoms with Gasteiger partial charge in [-0.3, -0.25) is 10.00 Å². The molecule has 1 aromatic heterocycles. The number of ether oxygens (including phenoxy) is 1. The third kappa shape index (κ3) is 3.58. The van der Waals surface area contributed by atoms with Gasteiger partial charge in [-0.05, 0) is 23.8 Å². The van der Waals surface area contributed by atoms with E-state index in [0.717, 1.165) is 16.5 Å². The zero-order chi connectivity index (χ0) is 16.1. The molecule has 0 atom stereocenters. The van der Waals surface area contributed by atoms with Gasteiger partial charge in [-0.15, -0.1) is 6.58 Å². The fraction of sp³-hybridized carbons (Fsp3) is 0.111. The highest BCUT2D eigenvalue weighted by Crippen LogP contribution is 2.19. The first-order valence-electron chi connectivity index (χ1n) is 7.30. The molecule has 0 fully saturated rings. The number of hydrogen-bond acceptors (Lipinski definition) is 3. The minimum absolute atomic E-state index is 0.239. The molecule has 0 bridgehead atoms. The van der Waals surface area contributed by atoms with Crippen molar-refractivity contribution in [2.75, 3.05) is 5.32 Å². The standard InChI is InChI=1S/C18H17N3O2/c1-2-10-21-17-11-16(9-8-15(17)12-19-21)20-18(22)23-13-14-6-4-3-5-7-14/h2-9,11-12H,1,10,13H2,(H,20,22). The second-order valence-corrected chi connectivity index (χ2v) is 5.08. The highest BCUT2D eigenvalue weighted by molar-refractivity contribution is 5.89. The average molecular weight is 307 g/mol. The summed E-state index contributed by atoms with van der Waals surface area (Å²) >= 11 is 0. The largest absolute Gasteiger partial charge is 0.444 e. The van der Waals surface area contributed by atoms with Crippen molar-refractivity contribution in [2.24, 2.45) is 0 Å². The second-order valence-electron chi connectivity index (χ2n) is 5.08. The van der Waals surface area contributed by atoms with Crippen molar-refractivity contribution in [2.45, 2.75) is 13.2 Å². The van der Waals surface area contributed by atoms with Crippen LogP contribution in [0.25, 0.3) is 10.9 Å². The fourth-order valence-corrected chi connectivity index (χ4v) is 2.29. The summed E-state index contributed by atoms with van der Waals surface area (Å²) in [5.74, 6) is 0. The van der Waals surface area contributed by atoms with E-state index < -0.39 is 6.09 Å². The Morgan fingerprint density at radius 3 is 2.87 bits per heavy atom. The monoisotopic (exact) mass is 307 g/mol. The first kappa shape index (κ1) is 14.8. The van der Waals surface area contributed by atoms with Crippen molar-refractivity contribution >= 4 is 22.7 Å². The molecule has 1 amide bonds. The predicted molar refractivity (Wildman–Crippen MR) is 90.2 cm³/mol. The lowest BCUT2D eigenvalue weighted by molar-refractivity contribution is 0.155. The third-order valence-corrected chi connectivity index (χ3v) is 3.41. The van der Waals surface area contributed by atoms with E-state index in [-0.39, 0.29) is 6.61 Å². The smallest absolute Gasteiger partial charge is 0.411 e. The Kier molecular flexibility index (Phi) is 4.38. The van der Waals surface area contributed by atoms with Gasteiger partial charge in [-0.25, -0.2) is 4.79 Å². The van der Waals surface area contributed by atoms with E-state index in [4.69, 9.17) is 4.74 Å². The molecule has 3 aromatic rings. The highest BCUT2D eigenvalue weighted by atomic mass is 16.5. The van der Waals surface area contributed by atoms with E-state index in [9.17, 15) is 4.79 Å². The number of rotatable bonds is 5. The normalized spacial score (nSPS) is 10.4. The second kappa shape index (κ2) is 6.79. The van der Waals surface area contributed by atoms with Crippen LogP contribution in [0.5, 0.6) is 0 Å². The maximum Gasteiger partial charge on any atom is 0.411 e. The van der Waals surface area contributed by atoms with Gasteiger partial charge < -0.3 is 4.74 Å². The molecule has 0 aliphatic carbocycles. The van der Waals surface area contributed by atoms with Gasteiger partial charge in [0.05, 0.1) is 18.3 Å². The summed E-state index contributed by atoms with van der Waals surface area (Å²) in [6.45, 7) is 4.57. The van der Waals surface area contributed by atoms with Gasteiger partial charge >= 0.3 is 6.09 Å². The number of amides is 1. The van der Waals surface area contributed by atoms with Crippen LogP contribution in [0.1, 0.15) is 5.56 Å². The maximum atomic E-state index is 11.9. The van der Waals surface area contributed by atoms with Crippen LogP contribution in [0.15, 0.2) is 67.4 Å². The number of allylic oxidation sites excluding steroid dienone is 1. The number of benzene rings is 2. The lowest BCUT2D eigenvalue weighted by Gasteiger charge is -2.08. The number of aromatic nitrogens is 2. The number of anilines is 1. The lowest BCUT2D eigenvalue weighted by atomic mass is 10.2. The zero-order valence-corrected chi connectivity index (χ0v) is 12.6. The van der Waals surface area contributed by atoms with Gasteiger partial charge in [-0.2, -0.15) is 5.10 Å². The van der Waals surface area contributed by atoms with Crippen LogP contribution < -0.4 is 5.32 Å². The summed E-state index contributed by atoms with van der Waals surface area (Å²) in [6, 6.07) is 15.2. The molecule has 0 spiro atoms. The minimum atomic E-state index is -0.483. The van der Waals surface area contributed by atoms with Crippen molar-refractivity contribution < 1.29 is 9.53 Å². The molecule has 23 heavy (non-hydrogen) atoms. The van der Waals surface area contributed by atoms with Crippen LogP contribution in [0, 0.1) is 0 Å². The molecular formula is C18H17N3O2. The fourth-order valence-electron chi connectivity index (χ4n) is 2.29. The van der Waals surface area contributed by atoms with Gasteiger partial charge in [0, 0.05) is 11.1 Å². The van der Waals surface area contributed by atoms with Crippen LogP contribution in [0.4, 0.5) is 10.5 Å². The number of carbonyl (C=O) groups is 1. The van der Waals surface area contributed by atoms with Gasteiger partial charge in [0.15, 0.2) is 0 Å². The Hall–Kier alpha value is -3.08. The van der Waals surface area contributed by atoms with E-state index in [1.54, 1.807) is 12.3 Å². The zero-order valence-electron chi connectivity index (χ0n) is 12.6. The van der Waals surface area contributed by atoms with Gasteiger partial charge in [-0.1, -0.05) is 36.4 Å². The summed E-state index contributed by atoms with van der Waals surface area (Å²) in [4.78, 5) is 11.9. The molecule has 5 nitrogen and oxygen atoms in total. The van der Waals surface area contributed by atoms with Gasteiger partial charge in [0.25, 0.3) is 0 Å². The molecule has 116 valence electrons. The highest BCUT2D eigenvalue weighted by Gasteiger charge is 2.07. The summed E-state index contributed by atoms with van der Waals surface area (Å²) in [6.07, 6.45) is 3.08. The van der Waals surface area contributed by atoms with Gasteiger partial charge in [0.2, 0.25) is 0 Å². The Labute approximate surface area is 134 Å². The molecule has 3 rings (SSSR count). The molecule has 2 aromatic carbocycles. The Bertz CT molecular complexity index is 825. The van der Waals surface area contributed by atoms with Crippen molar-refractivity contribution in [1.82, 2.24) is 9.78 Å². The summed E-state index contributed by atoms with van der Waals surface area (Å²) in [7, 11) is 0.